The van der Waals surface area contributed by atoms with Crippen molar-refractivity contribution in [2.24, 2.45) is 0 Å². The molecule has 0 saturated heterocycles. The molecule has 0 aliphatic heterocycles. The second-order valence-corrected chi connectivity index (χ2v) is 13.9. The van der Waals surface area contributed by atoms with Crippen LogP contribution in [0.15, 0.2) is 97.1 Å². The van der Waals surface area contributed by atoms with Gasteiger partial charge < -0.3 is 18.9 Å². The molecule has 4 aromatic carbocycles. The minimum atomic E-state index is -0.834. The van der Waals surface area contributed by atoms with Crippen LogP contribution in [0.2, 0.25) is 0 Å². The fourth-order valence-corrected chi connectivity index (χ4v) is 6.13. The fourth-order valence-electron chi connectivity index (χ4n) is 6.13. The van der Waals surface area contributed by atoms with Crippen LogP contribution in [0.1, 0.15) is 84.6 Å². The Kier molecular flexibility index (Phi) is 8.16. The summed E-state index contributed by atoms with van der Waals surface area (Å²) in [7, 11) is 1.71. The van der Waals surface area contributed by atoms with Gasteiger partial charge in [-0.3, -0.25) is 4.79 Å². The number of hydrogen-bond acceptors (Lipinski definition) is 5. The lowest BCUT2D eigenvalue weighted by atomic mass is 9.67. The van der Waals surface area contributed by atoms with Gasteiger partial charge in [0.05, 0.1) is 5.41 Å². The predicted molar refractivity (Wildman–Crippen MR) is 180 cm³/mol. The molecule has 0 fully saturated rings. The van der Waals surface area contributed by atoms with Crippen molar-refractivity contribution in [2.45, 2.75) is 90.1 Å². The molecule has 1 aliphatic rings. The van der Waals surface area contributed by atoms with Crippen LogP contribution in [-0.4, -0.2) is 35.5 Å². The van der Waals surface area contributed by atoms with Crippen molar-refractivity contribution in [3.8, 4) is 22.6 Å². The molecule has 45 heavy (non-hydrogen) atoms. The molecule has 0 spiro atoms. The molecule has 0 radical (unpaired) electrons. The van der Waals surface area contributed by atoms with Gasteiger partial charge in [-0.05, 0) is 113 Å². The van der Waals surface area contributed by atoms with Crippen LogP contribution in [0.5, 0.6) is 11.5 Å². The zero-order valence-electron chi connectivity index (χ0n) is 28.3. The Morgan fingerprint density at radius 3 is 1.29 bits per heavy atom. The second-order valence-electron chi connectivity index (χ2n) is 13.9. The summed E-state index contributed by atoms with van der Waals surface area (Å²) in [4.78, 5) is 11.8. The Balaban J connectivity index is 1.61. The van der Waals surface area contributed by atoms with Crippen molar-refractivity contribution in [1.82, 2.24) is 0 Å². The topological polar surface area (TPSA) is 54.0 Å². The molecule has 0 saturated carbocycles. The van der Waals surface area contributed by atoms with Gasteiger partial charge in [0, 0.05) is 14.0 Å². The van der Waals surface area contributed by atoms with Crippen LogP contribution in [-0.2, 0) is 19.7 Å². The number of rotatable bonds is 10. The zero-order valence-corrected chi connectivity index (χ0v) is 28.3. The summed E-state index contributed by atoms with van der Waals surface area (Å²) in [5.74, 6) is 1.14. The molecule has 4 aromatic rings. The molecule has 236 valence electrons. The predicted octanol–water partition coefficient (Wildman–Crippen LogP) is 9.13. The van der Waals surface area contributed by atoms with E-state index < -0.39 is 27.8 Å². The third-order valence-corrected chi connectivity index (χ3v) is 10.1. The molecule has 0 unspecified atom stereocenters. The first-order valence-corrected chi connectivity index (χ1v) is 15.6. The third-order valence-electron chi connectivity index (χ3n) is 10.1. The van der Waals surface area contributed by atoms with Crippen LogP contribution >= 0.6 is 0 Å². The highest BCUT2D eigenvalue weighted by Crippen LogP contribution is 2.56. The third kappa shape index (κ3) is 5.52. The van der Waals surface area contributed by atoms with E-state index in [1.807, 2.05) is 67.5 Å². The van der Waals surface area contributed by atoms with Gasteiger partial charge >= 0.3 is 5.97 Å². The lowest BCUT2D eigenvalue weighted by Crippen LogP contribution is -2.52. The lowest BCUT2D eigenvalue weighted by molar-refractivity contribution is -0.173. The zero-order chi connectivity index (χ0) is 32.8. The van der Waals surface area contributed by atoms with E-state index in [4.69, 9.17) is 18.9 Å². The highest BCUT2D eigenvalue weighted by Gasteiger charge is 2.47. The molecule has 5 nitrogen and oxygen atoms in total. The molecular weight excluding hydrogens is 560 g/mol. The van der Waals surface area contributed by atoms with Crippen molar-refractivity contribution in [3.05, 3.63) is 119 Å². The first-order valence-electron chi connectivity index (χ1n) is 15.6. The number of fused-ring (bicyclic) bond motifs is 3. The number of hydrogen-bond donors (Lipinski definition) is 0. The molecule has 0 heterocycles. The fraction of sp³-hybridized carbons (Fsp3) is 0.375. The van der Waals surface area contributed by atoms with E-state index in [0.717, 1.165) is 16.9 Å². The Morgan fingerprint density at radius 1 is 0.533 bits per heavy atom. The average Bonchev–Trinajstić information content (AvgIpc) is 3.28. The Morgan fingerprint density at radius 2 is 0.911 bits per heavy atom. The maximum atomic E-state index is 11.8. The van der Waals surface area contributed by atoms with Crippen LogP contribution in [0.25, 0.3) is 11.1 Å². The summed E-state index contributed by atoms with van der Waals surface area (Å²) in [5, 5.41) is 0. The van der Waals surface area contributed by atoms with Crippen molar-refractivity contribution in [1.29, 1.82) is 0 Å². The summed E-state index contributed by atoms with van der Waals surface area (Å²) in [6.07, 6.45) is 0. The summed E-state index contributed by atoms with van der Waals surface area (Å²) in [6.45, 7) is 17.2. The Labute approximate surface area is 268 Å². The molecule has 0 aromatic heterocycles. The molecule has 0 N–H and O–H groups in total. The van der Waals surface area contributed by atoms with Gasteiger partial charge in [0.15, 0.2) is 0 Å². The van der Waals surface area contributed by atoms with Crippen molar-refractivity contribution < 1.29 is 23.7 Å². The molecule has 0 amide bonds. The molecule has 0 bridgehead atoms. The number of esters is 1. The van der Waals surface area contributed by atoms with Crippen LogP contribution < -0.4 is 9.47 Å². The first kappa shape index (κ1) is 32.3. The Bertz CT molecular complexity index is 1630. The summed E-state index contributed by atoms with van der Waals surface area (Å²) in [6, 6.07) is 34.1. The van der Waals surface area contributed by atoms with Crippen LogP contribution in [0.3, 0.4) is 0 Å². The van der Waals surface area contributed by atoms with Gasteiger partial charge in [0.25, 0.3) is 0 Å². The van der Waals surface area contributed by atoms with Gasteiger partial charge in [-0.25, -0.2) is 0 Å². The highest BCUT2D eigenvalue weighted by molar-refractivity contribution is 5.86. The number of benzene rings is 4. The van der Waals surface area contributed by atoms with E-state index in [-0.39, 0.29) is 5.97 Å². The van der Waals surface area contributed by atoms with Gasteiger partial charge in [0.1, 0.15) is 33.9 Å². The van der Waals surface area contributed by atoms with E-state index in [2.05, 4.69) is 84.9 Å². The molecule has 5 heteroatoms. The van der Waals surface area contributed by atoms with Crippen LogP contribution in [0.4, 0.5) is 0 Å². The normalized spacial score (nSPS) is 14.4. The Hall–Kier alpha value is -4.09. The van der Waals surface area contributed by atoms with E-state index in [1.165, 1.54) is 29.2 Å². The standard InChI is InChI=1S/C40H46O5/c1-27(41)43-38(6,7)39(8,9)45-31-25-21-29(22-26-31)40(34-17-13-11-15-32(34)33-16-12-14-18-35(33)40)28-19-23-30(24-20-28)44-37(4,5)36(2,3)42-10/h11-26H,1-10H3. The molecular formula is C40H46O5. The van der Waals surface area contributed by atoms with Crippen molar-refractivity contribution in [3.63, 3.8) is 0 Å². The monoisotopic (exact) mass is 606 g/mol. The largest absolute Gasteiger partial charge is 0.485 e. The lowest BCUT2D eigenvalue weighted by Gasteiger charge is -2.41. The maximum absolute atomic E-state index is 11.8. The van der Waals surface area contributed by atoms with E-state index in [1.54, 1.807) is 7.11 Å². The summed E-state index contributed by atoms with van der Waals surface area (Å²) in [5.41, 5.74) is 3.96. The minimum absolute atomic E-state index is 0.338. The molecule has 0 atom stereocenters. The number of ether oxygens (including phenoxy) is 4. The summed E-state index contributed by atoms with van der Waals surface area (Å²) >= 11 is 0. The van der Waals surface area contributed by atoms with Crippen molar-refractivity contribution >= 4 is 5.97 Å². The van der Waals surface area contributed by atoms with Gasteiger partial charge in [-0.1, -0.05) is 72.8 Å². The molecule has 5 rings (SSSR count). The number of methoxy groups -OCH3 is 1. The number of carbonyl (C=O) groups excluding carboxylic acids is 1. The quantitative estimate of drug-likeness (QED) is 0.148. The van der Waals surface area contributed by atoms with E-state index >= 15 is 0 Å². The number of carbonyl (C=O) groups is 1. The average molecular weight is 607 g/mol. The van der Waals surface area contributed by atoms with Crippen molar-refractivity contribution in [2.75, 3.05) is 7.11 Å². The maximum Gasteiger partial charge on any atom is 0.303 e. The smallest absolute Gasteiger partial charge is 0.303 e. The minimum Gasteiger partial charge on any atom is -0.485 e. The van der Waals surface area contributed by atoms with Gasteiger partial charge in [-0.15, -0.1) is 0 Å². The SMILES string of the molecule is COC(C)(C)C(C)(C)Oc1ccc(C2(c3ccc(OC(C)(C)C(C)(C)OC(C)=O)cc3)c3ccccc3-c3ccccc32)cc1. The highest BCUT2D eigenvalue weighted by atomic mass is 16.6. The van der Waals surface area contributed by atoms with E-state index in [0.29, 0.717) is 5.75 Å². The molecule has 1 aliphatic carbocycles. The second kappa shape index (κ2) is 11.4. The first-order chi connectivity index (χ1) is 21.1. The summed E-state index contributed by atoms with van der Waals surface area (Å²) < 4.78 is 24.3. The van der Waals surface area contributed by atoms with Crippen LogP contribution in [0, 0.1) is 0 Å². The van der Waals surface area contributed by atoms with E-state index in [9.17, 15) is 4.79 Å². The van der Waals surface area contributed by atoms with Gasteiger partial charge in [0.2, 0.25) is 0 Å². The van der Waals surface area contributed by atoms with Gasteiger partial charge in [-0.2, -0.15) is 0 Å².